The predicted molar refractivity (Wildman–Crippen MR) is 10.1 cm³/mol. The monoisotopic (exact) mass is 169 g/mol. The topological polar surface area (TPSA) is 58.7 Å². The van der Waals surface area contributed by atoms with Crippen molar-refractivity contribution in [2.75, 3.05) is 0 Å². The van der Waals surface area contributed by atoms with E-state index in [0.29, 0.717) is 0 Å². The van der Waals surface area contributed by atoms with Crippen molar-refractivity contribution < 1.29 is 24.0 Å². The van der Waals surface area contributed by atoms with Gasteiger partial charge in [-0.15, -0.1) is 0 Å². The summed E-state index contributed by atoms with van der Waals surface area (Å²) in [6, 6.07) is 0. The molecule has 3 nitrogen and oxygen atoms in total. The van der Waals surface area contributed by atoms with Crippen LogP contribution in [0.1, 0.15) is 0 Å². The minimum Gasteiger partial charge on any atom is -1.00 e. The summed E-state index contributed by atoms with van der Waals surface area (Å²) in [5, 5.41) is 0. The Hall–Kier alpha value is 0.0400. The Morgan fingerprint density at radius 2 is 1.25 bits per heavy atom. The van der Waals surface area contributed by atoms with Gasteiger partial charge in [0.2, 0.25) is 0 Å². The standard InChI is InChI=1S/HI.N3/c;1-3-2/h1H;/q;-1/p-1. The van der Waals surface area contributed by atoms with Crippen LogP contribution in [0.5, 0.6) is 0 Å². The molecule has 0 aromatic heterocycles. The molecule has 0 unspecified atom stereocenters. The summed E-state index contributed by atoms with van der Waals surface area (Å²) in [4.78, 5) is 1.50. The lowest BCUT2D eigenvalue weighted by atomic mass is 13.0. The van der Waals surface area contributed by atoms with E-state index in [-0.39, 0.29) is 24.0 Å². The molecule has 0 aliphatic heterocycles. The smallest absolute Gasteiger partial charge is 0.255 e. The summed E-state index contributed by atoms with van der Waals surface area (Å²) in [5.41, 5.74) is 13.5. The number of hydrogen-bond acceptors (Lipinski definition) is 0. The third-order valence-corrected chi connectivity index (χ3v) is 0. The lowest BCUT2D eigenvalue weighted by Gasteiger charge is -1.31. The molecule has 0 amide bonds. The van der Waals surface area contributed by atoms with E-state index in [0.717, 1.165) is 0 Å². The van der Waals surface area contributed by atoms with Crippen LogP contribution in [0.3, 0.4) is 0 Å². The van der Waals surface area contributed by atoms with Gasteiger partial charge >= 0.3 is 0 Å². The van der Waals surface area contributed by atoms with Crippen molar-refractivity contribution in [1.29, 1.82) is 0 Å². The Morgan fingerprint density at radius 3 is 1.25 bits per heavy atom. The van der Waals surface area contributed by atoms with Gasteiger partial charge in [0, 0.05) is 0 Å². The normalized spacial score (nSPS) is 2.00. The van der Waals surface area contributed by atoms with Crippen LogP contribution in [0.2, 0.25) is 0 Å². The van der Waals surface area contributed by atoms with Crippen LogP contribution in [0.15, 0.2) is 0 Å². The van der Waals surface area contributed by atoms with E-state index in [1.54, 1.807) is 0 Å². The first kappa shape index (κ1) is 8.97. The number of nitrogens with zero attached hydrogens (tertiary/aromatic N) is 3. The van der Waals surface area contributed by atoms with E-state index in [1.807, 2.05) is 0 Å². The van der Waals surface area contributed by atoms with Crippen LogP contribution in [0.25, 0.3) is 16.0 Å². The molecule has 0 aromatic carbocycles. The molecule has 0 heterocycles. The Morgan fingerprint density at radius 1 is 1.25 bits per heavy atom. The van der Waals surface area contributed by atoms with E-state index in [9.17, 15) is 0 Å². The van der Waals surface area contributed by atoms with Gasteiger partial charge in [-0.2, -0.15) is 0 Å². The van der Waals surface area contributed by atoms with Crippen LogP contribution in [-0.2, 0) is 0 Å². The molecule has 0 aromatic rings. The lowest BCUT2D eigenvalue weighted by Crippen LogP contribution is -3.00. The first-order valence-corrected chi connectivity index (χ1v) is 0.400. The predicted octanol–water partition coefficient (Wildman–Crippen LogP) is -2.13. The molecule has 0 spiro atoms. The fourth-order valence-electron chi connectivity index (χ4n) is 0. The van der Waals surface area contributed by atoms with Gasteiger partial charge < -0.3 is 35.0 Å². The van der Waals surface area contributed by atoms with Crippen molar-refractivity contribution in [3.05, 3.63) is 16.0 Å². The SMILES string of the molecule is [I-].[N-]=[N+]=[N-]. The van der Waals surface area contributed by atoms with Gasteiger partial charge in [0.1, 0.15) is 0 Å². The van der Waals surface area contributed by atoms with Crippen molar-refractivity contribution >= 4 is 0 Å². The van der Waals surface area contributed by atoms with Gasteiger partial charge in [-0.25, -0.2) is 0 Å². The van der Waals surface area contributed by atoms with Crippen molar-refractivity contribution in [2.45, 2.75) is 0 Å². The van der Waals surface area contributed by atoms with Gasteiger partial charge in [0.15, 0.2) is 0 Å². The van der Waals surface area contributed by atoms with E-state index in [2.05, 4.69) is 0 Å². The highest BCUT2D eigenvalue weighted by Crippen LogP contribution is 1.29. The maximum atomic E-state index is 6.75. The summed E-state index contributed by atoms with van der Waals surface area (Å²) in [7, 11) is 0. The molecule has 0 saturated heterocycles. The molecule has 0 rings (SSSR count). The Balaban J connectivity index is 0. The first-order chi connectivity index (χ1) is 1.41. The van der Waals surface area contributed by atoms with Crippen LogP contribution < -0.4 is 24.0 Å². The fraction of sp³-hybridized carbons (Fsp3) is 0. The van der Waals surface area contributed by atoms with Crippen molar-refractivity contribution in [3.8, 4) is 0 Å². The van der Waals surface area contributed by atoms with Gasteiger partial charge in [0.05, 0.1) is 0 Å². The van der Waals surface area contributed by atoms with Crippen LogP contribution in [-0.4, -0.2) is 0 Å². The molecule has 4 heavy (non-hydrogen) atoms. The highest BCUT2D eigenvalue weighted by Gasteiger charge is 0.689. The molecule has 0 aliphatic rings. The zero-order valence-corrected chi connectivity index (χ0v) is 3.88. The molecule has 24 valence electrons. The van der Waals surface area contributed by atoms with E-state index >= 15 is 0 Å². The first-order valence-electron chi connectivity index (χ1n) is 0.400. The van der Waals surface area contributed by atoms with E-state index < -0.39 is 0 Å². The molecule has 0 bridgehead atoms. The summed E-state index contributed by atoms with van der Waals surface area (Å²) in [5.74, 6) is 0. The molecular formula is IN3-2. The average Bonchev–Trinajstić information content (AvgIpc) is 0.918. The van der Waals surface area contributed by atoms with Gasteiger partial charge in [0.25, 0.3) is 0 Å². The molecule has 0 atom stereocenters. The molecule has 0 saturated carbocycles. The number of halogens is 1. The van der Waals surface area contributed by atoms with Crippen LogP contribution in [0.4, 0.5) is 0 Å². The second-order valence-corrected chi connectivity index (χ2v) is 0.0894. The minimum atomic E-state index is 0. The summed E-state index contributed by atoms with van der Waals surface area (Å²) < 4.78 is 0. The van der Waals surface area contributed by atoms with E-state index in [1.165, 1.54) is 4.91 Å². The number of rotatable bonds is 0. The van der Waals surface area contributed by atoms with Crippen molar-refractivity contribution in [3.63, 3.8) is 0 Å². The van der Waals surface area contributed by atoms with Gasteiger partial charge in [-0.1, -0.05) is 0 Å². The largest absolute Gasteiger partial charge is 1.00 e. The molecule has 0 aliphatic carbocycles. The van der Waals surface area contributed by atoms with E-state index in [4.69, 9.17) is 11.1 Å². The third-order valence-electron chi connectivity index (χ3n) is 0. The van der Waals surface area contributed by atoms with Crippen molar-refractivity contribution in [1.82, 2.24) is 0 Å². The van der Waals surface area contributed by atoms with Crippen molar-refractivity contribution in [2.24, 2.45) is 0 Å². The molecule has 0 fully saturated rings. The molecule has 4 heteroatoms. The molecule has 0 N–H and O–H groups in total. The summed E-state index contributed by atoms with van der Waals surface area (Å²) in [6.07, 6.45) is 0. The Kier molecular flexibility index (Phi) is 26.2. The zero-order valence-electron chi connectivity index (χ0n) is 1.72. The van der Waals surface area contributed by atoms with Crippen LogP contribution in [0, 0.1) is 0 Å². The highest BCUT2D eigenvalue weighted by molar-refractivity contribution is 4.36. The average molecular weight is 169 g/mol. The third kappa shape index (κ3) is 1380. The Labute approximate surface area is 40.4 Å². The quantitative estimate of drug-likeness (QED) is 0.172. The fourth-order valence-corrected chi connectivity index (χ4v) is 0. The lowest BCUT2D eigenvalue weighted by molar-refractivity contribution is -0.000000705. The van der Waals surface area contributed by atoms with Crippen LogP contribution >= 0.6 is 0 Å². The number of hydrogen-bond donors (Lipinski definition) is 0. The second-order valence-electron chi connectivity index (χ2n) is 0.0894. The maximum absolute atomic E-state index is 6.75. The minimum absolute atomic E-state index is 0. The zero-order chi connectivity index (χ0) is 2.71. The summed E-state index contributed by atoms with van der Waals surface area (Å²) >= 11 is 0. The molecular weight excluding hydrogens is 169 g/mol. The van der Waals surface area contributed by atoms with Gasteiger partial charge in [-0.3, -0.25) is 4.91 Å². The van der Waals surface area contributed by atoms with Gasteiger partial charge in [-0.05, 0) is 0 Å². The molecule has 0 radical (unpaired) electrons. The highest BCUT2D eigenvalue weighted by atomic mass is 127. The maximum Gasteiger partial charge on any atom is -0.255 e. The second kappa shape index (κ2) is 11.7. The Bertz CT molecular complexity index is 24.3. The summed E-state index contributed by atoms with van der Waals surface area (Å²) in [6.45, 7) is 0.